The predicted molar refractivity (Wildman–Crippen MR) is 69.1 cm³/mol. The molecule has 8 heteroatoms. The minimum atomic E-state index is -1.42. The van der Waals surface area contributed by atoms with Gasteiger partial charge in [0.05, 0.1) is 10.5 Å². The van der Waals surface area contributed by atoms with Crippen molar-refractivity contribution < 1.29 is 24.0 Å². The fourth-order valence-corrected chi connectivity index (χ4v) is 1.60. The van der Waals surface area contributed by atoms with Crippen LogP contribution in [0.3, 0.4) is 0 Å². The molecule has 0 saturated carbocycles. The predicted octanol–water partition coefficient (Wildman–Crippen LogP) is 2.93. The Morgan fingerprint density at radius 2 is 2.14 bits per heavy atom. The second-order valence-electron chi connectivity index (χ2n) is 4.14. The second kappa shape index (κ2) is 5.53. The van der Waals surface area contributed by atoms with Gasteiger partial charge in [0.15, 0.2) is 0 Å². The molecule has 0 spiro atoms. The Balaban J connectivity index is 2.37. The molecule has 0 radical (unpaired) electrons. The topological polar surface area (TPSA) is 103 Å². The van der Waals surface area contributed by atoms with Gasteiger partial charge in [0.1, 0.15) is 11.6 Å². The van der Waals surface area contributed by atoms with Gasteiger partial charge in [-0.2, -0.15) is 0 Å². The van der Waals surface area contributed by atoms with E-state index in [0.29, 0.717) is 5.56 Å². The molecule has 0 aliphatic carbocycles. The van der Waals surface area contributed by atoms with E-state index in [1.165, 1.54) is 18.3 Å². The second-order valence-corrected chi connectivity index (χ2v) is 4.14. The first-order chi connectivity index (χ1) is 9.88. The van der Waals surface area contributed by atoms with Crippen LogP contribution in [0.4, 0.5) is 10.1 Å². The lowest BCUT2D eigenvalue weighted by Crippen LogP contribution is -2.01. The zero-order valence-electron chi connectivity index (χ0n) is 10.7. The third-order valence-electron chi connectivity index (χ3n) is 2.55. The van der Waals surface area contributed by atoms with Gasteiger partial charge in [0, 0.05) is 18.3 Å². The number of hydrogen-bond donors (Lipinski definition) is 1. The summed E-state index contributed by atoms with van der Waals surface area (Å²) in [6.45, 7) is 1.63. The maximum Gasteiger partial charge on any atom is 0.338 e. The summed E-state index contributed by atoms with van der Waals surface area (Å²) in [5, 5.41) is 19.6. The van der Waals surface area contributed by atoms with Crippen molar-refractivity contribution in [3.63, 3.8) is 0 Å². The van der Waals surface area contributed by atoms with Crippen molar-refractivity contribution in [1.82, 2.24) is 4.98 Å². The van der Waals surface area contributed by atoms with Crippen molar-refractivity contribution in [2.45, 2.75) is 6.92 Å². The summed E-state index contributed by atoms with van der Waals surface area (Å²) in [5.74, 6) is -2.81. The lowest BCUT2D eigenvalue weighted by molar-refractivity contribution is -0.386. The highest BCUT2D eigenvalue weighted by molar-refractivity contribution is 5.88. The van der Waals surface area contributed by atoms with Crippen LogP contribution in [-0.2, 0) is 0 Å². The fraction of sp³-hybridized carbons (Fsp3) is 0.0769. The molecule has 7 nitrogen and oxygen atoms in total. The molecule has 0 unspecified atom stereocenters. The first-order valence-electron chi connectivity index (χ1n) is 5.70. The standard InChI is InChI=1S/C13H9FN2O5/c1-7-4-11(16(19)20)12(15-6-7)21-8-2-3-9(13(17)18)10(14)5-8/h2-6H,1H3,(H,17,18). The highest BCUT2D eigenvalue weighted by Crippen LogP contribution is 2.30. The highest BCUT2D eigenvalue weighted by atomic mass is 19.1. The Morgan fingerprint density at radius 3 is 2.71 bits per heavy atom. The molecule has 0 atom stereocenters. The number of pyridine rings is 1. The van der Waals surface area contributed by atoms with Gasteiger partial charge < -0.3 is 9.84 Å². The first-order valence-corrected chi connectivity index (χ1v) is 5.70. The minimum absolute atomic E-state index is 0.0862. The molecule has 2 rings (SSSR count). The van der Waals surface area contributed by atoms with E-state index < -0.39 is 22.3 Å². The quantitative estimate of drug-likeness (QED) is 0.686. The third kappa shape index (κ3) is 3.11. The van der Waals surface area contributed by atoms with Crippen LogP contribution < -0.4 is 4.74 Å². The van der Waals surface area contributed by atoms with Crippen molar-refractivity contribution in [2.24, 2.45) is 0 Å². The van der Waals surface area contributed by atoms with Crippen LogP contribution in [0.25, 0.3) is 0 Å². The van der Waals surface area contributed by atoms with Gasteiger partial charge in [-0.25, -0.2) is 14.2 Å². The zero-order chi connectivity index (χ0) is 15.6. The molecule has 0 amide bonds. The molecule has 0 bridgehead atoms. The van der Waals surface area contributed by atoms with E-state index in [-0.39, 0.29) is 17.3 Å². The molecule has 1 aromatic heterocycles. The minimum Gasteiger partial charge on any atom is -0.478 e. The lowest BCUT2D eigenvalue weighted by atomic mass is 10.2. The number of nitrogens with zero attached hydrogens (tertiary/aromatic N) is 2. The molecule has 21 heavy (non-hydrogen) atoms. The summed E-state index contributed by atoms with van der Waals surface area (Å²) in [4.78, 5) is 24.7. The van der Waals surface area contributed by atoms with Crippen molar-refractivity contribution in [3.8, 4) is 11.6 Å². The van der Waals surface area contributed by atoms with Crippen LogP contribution >= 0.6 is 0 Å². The maximum atomic E-state index is 13.5. The summed E-state index contributed by atoms with van der Waals surface area (Å²) in [6, 6.07) is 4.30. The van der Waals surface area contributed by atoms with Gasteiger partial charge in [-0.1, -0.05) is 0 Å². The number of rotatable bonds is 4. The number of aryl methyl sites for hydroxylation is 1. The molecule has 2 aromatic rings. The summed E-state index contributed by atoms with van der Waals surface area (Å²) >= 11 is 0. The Hall–Kier alpha value is -3.03. The molecule has 0 aliphatic rings. The van der Waals surface area contributed by atoms with Gasteiger partial charge in [-0.15, -0.1) is 0 Å². The van der Waals surface area contributed by atoms with Crippen molar-refractivity contribution in [1.29, 1.82) is 0 Å². The van der Waals surface area contributed by atoms with Gasteiger partial charge in [0.2, 0.25) is 0 Å². The average molecular weight is 292 g/mol. The van der Waals surface area contributed by atoms with Gasteiger partial charge >= 0.3 is 11.7 Å². The molecule has 108 valence electrons. The lowest BCUT2D eigenvalue weighted by Gasteiger charge is -2.06. The summed E-state index contributed by atoms with van der Waals surface area (Å²) < 4.78 is 18.7. The number of hydrogen-bond acceptors (Lipinski definition) is 5. The van der Waals surface area contributed by atoms with Gasteiger partial charge in [-0.3, -0.25) is 10.1 Å². The zero-order valence-corrected chi connectivity index (χ0v) is 10.7. The van der Waals surface area contributed by atoms with Crippen LogP contribution in [0.15, 0.2) is 30.5 Å². The molecule has 1 aromatic carbocycles. The van der Waals surface area contributed by atoms with Gasteiger partial charge in [0.25, 0.3) is 5.88 Å². The third-order valence-corrected chi connectivity index (χ3v) is 2.55. The normalized spacial score (nSPS) is 10.2. The number of nitro groups is 1. The van der Waals surface area contributed by atoms with E-state index in [9.17, 15) is 19.3 Å². The largest absolute Gasteiger partial charge is 0.478 e. The number of benzene rings is 1. The van der Waals surface area contributed by atoms with Gasteiger partial charge in [-0.05, 0) is 24.6 Å². The number of ether oxygens (including phenoxy) is 1. The van der Waals surface area contributed by atoms with Crippen molar-refractivity contribution in [2.75, 3.05) is 0 Å². The molecule has 1 heterocycles. The summed E-state index contributed by atoms with van der Waals surface area (Å²) in [7, 11) is 0. The molecular formula is C13H9FN2O5. The van der Waals surface area contributed by atoms with Crippen molar-refractivity contribution in [3.05, 3.63) is 57.5 Å². The summed E-state index contributed by atoms with van der Waals surface area (Å²) in [5.41, 5.74) is -0.312. The Bertz CT molecular complexity index is 732. The number of aromatic nitrogens is 1. The number of aromatic carboxylic acids is 1. The van der Waals surface area contributed by atoms with E-state index in [4.69, 9.17) is 9.84 Å². The molecular weight excluding hydrogens is 283 g/mol. The van der Waals surface area contributed by atoms with E-state index >= 15 is 0 Å². The number of halogens is 1. The highest BCUT2D eigenvalue weighted by Gasteiger charge is 2.19. The fourth-order valence-electron chi connectivity index (χ4n) is 1.60. The van der Waals surface area contributed by atoms with Crippen LogP contribution in [0.1, 0.15) is 15.9 Å². The van der Waals surface area contributed by atoms with Crippen LogP contribution in [0.2, 0.25) is 0 Å². The van der Waals surface area contributed by atoms with E-state index in [1.807, 2.05) is 0 Å². The first kappa shape index (κ1) is 14.4. The van der Waals surface area contributed by atoms with E-state index in [2.05, 4.69) is 4.98 Å². The van der Waals surface area contributed by atoms with Crippen LogP contribution in [0, 0.1) is 22.9 Å². The van der Waals surface area contributed by atoms with E-state index in [1.54, 1.807) is 6.92 Å². The molecule has 1 N–H and O–H groups in total. The average Bonchev–Trinajstić information content (AvgIpc) is 2.40. The Labute approximate surface area is 117 Å². The van der Waals surface area contributed by atoms with Crippen molar-refractivity contribution >= 4 is 11.7 Å². The van der Waals surface area contributed by atoms with Crippen LogP contribution in [-0.4, -0.2) is 21.0 Å². The SMILES string of the molecule is Cc1cnc(Oc2ccc(C(=O)O)c(F)c2)c([N+](=O)[O-])c1. The number of carbonyl (C=O) groups is 1. The summed E-state index contributed by atoms with van der Waals surface area (Å²) in [6.07, 6.45) is 1.37. The monoisotopic (exact) mass is 292 g/mol. The smallest absolute Gasteiger partial charge is 0.338 e. The molecule has 0 fully saturated rings. The van der Waals surface area contributed by atoms with Crippen LogP contribution in [0.5, 0.6) is 11.6 Å². The maximum absolute atomic E-state index is 13.5. The Kier molecular flexibility index (Phi) is 3.79. The van der Waals surface area contributed by atoms with E-state index in [0.717, 1.165) is 12.1 Å². The number of carboxylic acid groups (broad SMARTS) is 1. The Morgan fingerprint density at radius 1 is 1.43 bits per heavy atom. The number of carboxylic acids is 1. The molecule has 0 saturated heterocycles. The molecule has 0 aliphatic heterocycles.